The van der Waals surface area contributed by atoms with Gasteiger partial charge >= 0.3 is 5.97 Å². The molecule has 0 aliphatic carbocycles. The maximum absolute atomic E-state index is 10.9. The molecule has 0 unspecified atom stereocenters. The molecular formula is C17H19NO3. The van der Waals surface area contributed by atoms with E-state index in [0.717, 1.165) is 30.0 Å². The Morgan fingerprint density at radius 1 is 1.19 bits per heavy atom. The minimum absolute atomic E-state index is 0.313. The summed E-state index contributed by atoms with van der Waals surface area (Å²) in [5.74, 6) is -0.0466. The molecule has 4 nitrogen and oxygen atoms in total. The summed E-state index contributed by atoms with van der Waals surface area (Å²) in [4.78, 5) is 10.9. The summed E-state index contributed by atoms with van der Waals surface area (Å²) in [7, 11) is 1.65. The van der Waals surface area contributed by atoms with Crippen LogP contribution < -0.4 is 10.1 Å². The molecule has 2 aromatic carbocycles. The van der Waals surface area contributed by atoms with Crippen molar-refractivity contribution >= 4 is 11.7 Å². The number of hydrogen-bond acceptors (Lipinski definition) is 3. The first-order chi connectivity index (χ1) is 10.1. The monoisotopic (exact) mass is 285 g/mol. The van der Waals surface area contributed by atoms with E-state index in [1.807, 2.05) is 37.3 Å². The van der Waals surface area contributed by atoms with Crippen molar-refractivity contribution in [1.29, 1.82) is 0 Å². The predicted molar refractivity (Wildman–Crippen MR) is 83.3 cm³/mol. The van der Waals surface area contributed by atoms with Crippen molar-refractivity contribution in [3.05, 3.63) is 59.2 Å². The van der Waals surface area contributed by atoms with E-state index in [4.69, 9.17) is 9.84 Å². The van der Waals surface area contributed by atoms with Gasteiger partial charge in [-0.3, -0.25) is 0 Å². The predicted octanol–water partition coefficient (Wildman–Crippen LogP) is 3.36. The summed E-state index contributed by atoms with van der Waals surface area (Å²) >= 11 is 0. The first kappa shape index (κ1) is 14.9. The molecule has 0 aromatic heterocycles. The second kappa shape index (κ2) is 6.79. The topological polar surface area (TPSA) is 58.6 Å². The third kappa shape index (κ3) is 3.99. The van der Waals surface area contributed by atoms with Crippen LogP contribution in [-0.4, -0.2) is 24.7 Å². The second-order valence-corrected chi connectivity index (χ2v) is 4.86. The molecule has 0 radical (unpaired) electrons. The molecule has 0 fully saturated rings. The van der Waals surface area contributed by atoms with E-state index >= 15 is 0 Å². The van der Waals surface area contributed by atoms with Crippen LogP contribution in [0.4, 0.5) is 5.69 Å². The van der Waals surface area contributed by atoms with Crippen LogP contribution in [0.3, 0.4) is 0 Å². The van der Waals surface area contributed by atoms with Gasteiger partial charge < -0.3 is 15.2 Å². The van der Waals surface area contributed by atoms with E-state index in [9.17, 15) is 4.79 Å². The van der Waals surface area contributed by atoms with Crippen LogP contribution in [0.25, 0.3) is 0 Å². The Bertz CT molecular complexity index is 620. The lowest BCUT2D eigenvalue weighted by Crippen LogP contribution is -2.07. The first-order valence-electron chi connectivity index (χ1n) is 6.81. The number of carboxylic acids is 1. The molecular weight excluding hydrogens is 266 g/mol. The average Bonchev–Trinajstić information content (AvgIpc) is 2.49. The molecule has 21 heavy (non-hydrogen) atoms. The summed E-state index contributed by atoms with van der Waals surface area (Å²) in [6, 6.07) is 13.1. The van der Waals surface area contributed by atoms with E-state index < -0.39 is 5.97 Å². The van der Waals surface area contributed by atoms with Crippen molar-refractivity contribution in [1.82, 2.24) is 0 Å². The van der Waals surface area contributed by atoms with E-state index in [1.165, 1.54) is 5.56 Å². The molecule has 0 amide bonds. The molecule has 0 heterocycles. The molecule has 0 atom stereocenters. The molecule has 0 saturated carbocycles. The van der Waals surface area contributed by atoms with E-state index in [0.29, 0.717) is 5.56 Å². The maximum Gasteiger partial charge on any atom is 0.335 e. The molecule has 2 N–H and O–H groups in total. The largest absolute Gasteiger partial charge is 0.497 e. The smallest absolute Gasteiger partial charge is 0.335 e. The summed E-state index contributed by atoms with van der Waals surface area (Å²) < 4.78 is 5.13. The lowest BCUT2D eigenvalue weighted by Gasteiger charge is -2.10. The molecule has 4 heteroatoms. The van der Waals surface area contributed by atoms with Crippen LogP contribution in [0.5, 0.6) is 5.75 Å². The fourth-order valence-electron chi connectivity index (χ4n) is 2.13. The van der Waals surface area contributed by atoms with Gasteiger partial charge in [0.05, 0.1) is 12.7 Å². The van der Waals surface area contributed by atoms with Gasteiger partial charge in [-0.25, -0.2) is 4.79 Å². The molecule has 2 aromatic rings. The summed E-state index contributed by atoms with van der Waals surface area (Å²) in [6.45, 7) is 2.70. The molecule has 0 saturated heterocycles. The minimum atomic E-state index is -0.900. The van der Waals surface area contributed by atoms with Crippen LogP contribution in [0, 0.1) is 6.92 Å². The molecule has 110 valence electrons. The average molecular weight is 285 g/mol. The van der Waals surface area contributed by atoms with Crippen LogP contribution >= 0.6 is 0 Å². The third-order valence-electron chi connectivity index (χ3n) is 3.36. The van der Waals surface area contributed by atoms with Crippen molar-refractivity contribution in [2.45, 2.75) is 13.3 Å². The number of benzene rings is 2. The highest BCUT2D eigenvalue weighted by Gasteiger charge is 2.05. The van der Waals surface area contributed by atoms with E-state index in [2.05, 4.69) is 5.32 Å². The Hall–Kier alpha value is -2.49. The lowest BCUT2D eigenvalue weighted by atomic mass is 10.1. The first-order valence-corrected chi connectivity index (χ1v) is 6.81. The van der Waals surface area contributed by atoms with Gasteiger partial charge in [-0.1, -0.05) is 12.1 Å². The number of nitrogens with one attached hydrogen (secondary N) is 1. The van der Waals surface area contributed by atoms with Crippen molar-refractivity contribution in [2.75, 3.05) is 19.0 Å². The summed E-state index contributed by atoms with van der Waals surface area (Å²) in [6.07, 6.45) is 0.893. The van der Waals surface area contributed by atoms with Crippen molar-refractivity contribution in [2.24, 2.45) is 0 Å². The summed E-state index contributed by atoms with van der Waals surface area (Å²) in [5.41, 5.74) is 3.44. The van der Waals surface area contributed by atoms with Gasteiger partial charge in [0.1, 0.15) is 5.75 Å². The Morgan fingerprint density at radius 2 is 1.90 bits per heavy atom. The van der Waals surface area contributed by atoms with Crippen molar-refractivity contribution in [3.8, 4) is 5.75 Å². The zero-order chi connectivity index (χ0) is 15.2. The van der Waals surface area contributed by atoms with Crippen LogP contribution in [-0.2, 0) is 6.42 Å². The lowest BCUT2D eigenvalue weighted by molar-refractivity contribution is 0.0697. The highest BCUT2D eigenvalue weighted by atomic mass is 16.5. The van der Waals surface area contributed by atoms with Crippen LogP contribution in [0.15, 0.2) is 42.5 Å². The summed E-state index contributed by atoms with van der Waals surface area (Å²) in [5, 5.41) is 12.3. The van der Waals surface area contributed by atoms with Crippen LogP contribution in [0.2, 0.25) is 0 Å². The minimum Gasteiger partial charge on any atom is -0.497 e. The van der Waals surface area contributed by atoms with Gasteiger partial charge in [0, 0.05) is 12.2 Å². The third-order valence-corrected chi connectivity index (χ3v) is 3.36. The zero-order valence-electron chi connectivity index (χ0n) is 12.2. The number of anilines is 1. The van der Waals surface area contributed by atoms with Crippen molar-refractivity contribution in [3.63, 3.8) is 0 Å². The maximum atomic E-state index is 10.9. The van der Waals surface area contributed by atoms with Gasteiger partial charge in [0.25, 0.3) is 0 Å². The Balaban J connectivity index is 1.92. The highest BCUT2D eigenvalue weighted by molar-refractivity contribution is 5.88. The standard InChI is InChI=1S/C17H19NO3/c1-12-11-14(17(19)20)5-8-16(12)18-10-9-13-3-6-15(21-2)7-4-13/h3-8,11,18H,9-10H2,1-2H3,(H,19,20). The Morgan fingerprint density at radius 3 is 2.48 bits per heavy atom. The van der Waals surface area contributed by atoms with Crippen LogP contribution in [0.1, 0.15) is 21.5 Å². The number of methoxy groups -OCH3 is 1. The number of aryl methyl sites for hydroxylation is 1. The highest BCUT2D eigenvalue weighted by Crippen LogP contribution is 2.17. The quantitative estimate of drug-likeness (QED) is 0.854. The Labute approximate surface area is 124 Å². The number of carboxylic acid groups (broad SMARTS) is 1. The molecule has 0 aliphatic heterocycles. The fourth-order valence-corrected chi connectivity index (χ4v) is 2.13. The second-order valence-electron chi connectivity index (χ2n) is 4.86. The van der Waals surface area contributed by atoms with E-state index in [-0.39, 0.29) is 0 Å². The number of ether oxygens (including phenoxy) is 1. The molecule has 2 rings (SSSR count). The molecule has 0 bridgehead atoms. The number of carbonyl (C=O) groups is 1. The SMILES string of the molecule is COc1ccc(CCNc2ccc(C(=O)O)cc2C)cc1. The zero-order valence-corrected chi connectivity index (χ0v) is 12.2. The molecule has 0 aliphatic rings. The Kier molecular flexibility index (Phi) is 4.82. The van der Waals surface area contributed by atoms with Gasteiger partial charge in [-0.05, 0) is 54.8 Å². The fraction of sp³-hybridized carbons (Fsp3) is 0.235. The molecule has 0 spiro atoms. The normalized spacial score (nSPS) is 10.2. The number of aromatic carboxylic acids is 1. The van der Waals surface area contributed by atoms with Gasteiger partial charge in [0.15, 0.2) is 0 Å². The van der Waals surface area contributed by atoms with Crippen molar-refractivity contribution < 1.29 is 14.6 Å². The number of rotatable bonds is 6. The van der Waals surface area contributed by atoms with Gasteiger partial charge in [0.2, 0.25) is 0 Å². The van der Waals surface area contributed by atoms with E-state index in [1.54, 1.807) is 19.2 Å². The van der Waals surface area contributed by atoms with Gasteiger partial charge in [-0.2, -0.15) is 0 Å². The van der Waals surface area contributed by atoms with Gasteiger partial charge in [-0.15, -0.1) is 0 Å². The number of hydrogen-bond donors (Lipinski definition) is 2.